The fraction of sp³-hybridized carbons (Fsp3) is 0.154. The first-order valence-corrected chi connectivity index (χ1v) is 5.56. The highest BCUT2D eigenvalue weighted by molar-refractivity contribution is 5.70. The standard InChI is InChI=1S/C13H9FN2O/c14-8-1-4-12-15-13-9-5-6-17-11(9)3-2-10(13)16(12)7-8/h1,4-7H,2-3H2. The molecule has 0 spiro atoms. The number of furan rings is 1. The normalized spacial score (nSPS) is 13.7. The number of hydrogen-bond donors (Lipinski definition) is 0. The summed E-state index contributed by atoms with van der Waals surface area (Å²) in [5.74, 6) is 0.733. The van der Waals surface area contributed by atoms with E-state index in [9.17, 15) is 4.39 Å². The van der Waals surface area contributed by atoms with Crippen LogP contribution >= 0.6 is 0 Å². The molecule has 0 bridgehead atoms. The number of fused-ring (bicyclic) bond motifs is 5. The molecule has 17 heavy (non-hydrogen) atoms. The average Bonchev–Trinajstić information content (AvgIpc) is 2.91. The van der Waals surface area contributed by atoms with Crippen LogP contribution in [0.5, 0.6) is 0 Å². The van der Waals surface area contributed by atoms with E-state index in [1.807, 2.05) is 10.5 Å². The third-order valence-electron chi connectivity index (χ3n) is 3.27. The Hall–Kier alpha value is -2.10. The number of aromatic nitrogens is 2. The van der Waals surface area contributed by atoms with Gasteiger partial charge in [-0.05, 0) is 24.6 Å². The van der Waals surface area contributed by atoms with Crippen LogP contribution in [0.3, 0.4) is 0 Å². The van der Waals surface area contributed by atoms with E-state index in [4.69, 9.17) is 4.42 Å². The van der Waals surface area contributed by atoms with E-state index in [1.54, 1.807) is 12.3 Å². The van der Waals surface area contributed by atoms with E-state index in [2.05, 4.69) is 4.98 Å². The van der Waals surface area contributed by atoms with Gasteiger partial charge < -0.3 is 8.82 Å². The van der Waals surface area contributed by atoms with Gasteiger partial charge in [0.2, 0.25) is 0 Å². The van der Waals surface area contributed by atoms with Crippen LogP contribution in [-0.4, -0.2) is 9.38 Å². The van der Waals surface area contributed by atoms with Gasteiger partial charge in [-0.3, -0.25) is 0 Å². The highest BCUT2D eigenvalue weighted by Gasteiger charge is 2.23. The second kappa shape index (κ2) is 2.97. The van der Waals surface area contributed by atoms with Crippen molar-refractivity contribution >= 4 is 5.65 Å². The zero-order chi connectivity index (χ0) is 11.4. The van der Waals surface area contributed by atoms with Gasteiger partial charge >= 0.3 is 0 Å². The van der Waals surface area contributed by atoms with Gasteiger partial charge in [0.15, 0.2) is 0 Å². The second-order valence-corrected chi connectivity index (χ2v) is 4.24. The van der Waals surface area contributed by atoms with E-state index < -0.39 is 0 Å². The third-order valence-corrected chi connectivity index (χ3v) is 3.27. The zero-order valence-corrected chi connectivity index (χ0v) is 8.98. The average molecular weight is 228 g/mol. The summed E-state index contributed by atoms with van der Waals surface area (Å²) in [6, 6.07) is 5.06. The Labute approximate surface area is 96.5 Å². The maximum Gasteiger partial charge on any atom is 0.139 e. The molecule has 0 amide bonds. The van der Waals surface area contributed by atoms with Gasteiger partial charge in [0.05, 0.1) is 17.7 Å². The van der Waals surface area contributed by atoms with Crippen molar-refractivity contribution in [3.05, 3.63) is 47.9 Å². The van der Waals surface area contributed by atoms with Crippen molar-refractivity contribution in [2.75, 3.05) is 0 Å². The van der Waals surface area contributed by atoms with E-state index in [0.717, 1.165) is 41.2 Å². The quantitative estimate of drug-likeness (QED) is 0.592. The summed E-state index contributed by atoms with van der Waals surface area (Å²) in [6.07, 6.45) is 4.86. The molecule has 0 aromatic carbocycles. The predicted molar refractivity (Wildman–Crippen MR) is 60.3 cm³/mol. The second-order valence-electron chi connectivity index (χ2n) is 4.24. The highest BCUT2D eigenvalue weighted by Crippen LogP contribution is 2.34. The molecule has 3 nitrogen and oxygen atoms in total. The van der Waals surface area contributed by atoms with Crippen molar-refractivity contribution in [3.8, 4) is 11.3 Å². The minimum Gasteiger partial charge on any atom is -0.469 e. The van der Waals surface area contributed by atoms with Crippen LogP contribution < -0.4 is 0 Å². The number of nitrogens with zero attached hydrogens (tertiary/aromatic N) is 2. The maximum absolute atomic E-state index is 13.3. The Morgan fingerprint density at radius 1 is 1.24 bits per heavy atom. The van der Waals surface area contributed by atoms with Gasteiger partial charge in [-0.2, -0.15) is 0 Å². The van der Waals surface area contributed by atoms with Crippen LogP contribution in [0.15, 0.2) is 35.1 Å². The third kappa shape index (κ3) is 1.12. The first-order chi connectivity index (χ1) is 8.33. The molecule has 4 heteroatoms. The molecule has 0 radical (unpaired) electrons. The fourth-order valence-electron chi connectivity index (χ4n) is 2.50. The molecule has 0 aliphatic heterocycles. The van der Waals surface area contributed by atoms with Crippen LogP contribution in [0.25, 0.3) is 16.9 Å². The lowest BCUT2D eigenvalue weighted by molar-refractivity contribution is 0.505. The highest BCUT2D eigenvalue weighted by atomic mass is 19.1. The van der Waals surface area contributed by atoms with Gasteiger partial charge in [-0.1, -0.05) is 0 Å². The number of imidazole rings is 1. The number of pyridine rings is 1. The summed E-state index contributed by atoms with van der Waals surface area (Å²) in [4.78, 5) is 4.54. The lowest BCUT2D eigenvalue weighted by Crippen LogP contribution is -2.03. The summed E-state index contributed by atoms with van der Waals surface area (Å²) < 4.78 is 20.5. The van der Waals surface area contributed by atoms with Crippen molar-refractivity contribution in [2.24, 2.45) is 0 Å². The summed E-state index contributed by atoms with van der Waals surface area (Å²) >= 11 is 0. The minimum atomic E-state index is -0.240. The molecule has 1 aliphatic carbocycles. The molecule has 0 fully saturated rings. The summed E-state index contributed by atoms with van der Waals surface area (Å²) in [6.45, 7) is 0. The zero-order valence-electron chi connectivity index (χ0n) is 8.98. The number of hydrogen-bond acceptors (Lipinski definition) is 2. The molecule has 0 saturated carbocycles. The Kier molecular flexibility index (Phi) is 1.57. The first-order valence-electron chi connectivity index (χ1n) is 5.56. The molecule has 0 unspecified atom stereocenters. The predicted octanol–water partition coefficient (Wildman–Crippen LogP) is 2.83. The molecule has 1 aliphatic rings. The Balaban J connectivity index is 2.10. The van der Waals surface area contributed by atoms with Crippen LogP contribution in [-0.2, 0) is 12.8 Å². The molecule has 0 N–H and O–H groups in total. The van der Waals surface area contributed by atoms with Crippen LogP contribution in [0, 0.1) is 5.82 Å². The molecular formula is C13H9FN2O. The van der Waals surface area contributed by atoms with Crippen LogP contribution in [0.1, 0.15) is 11.5 Å². The Morgan fingerprint density at radius 3 is 3.12 bits per heavy atom. The summed E-state index contributed by atoms with van der Waals surface area (Å²) in [5, 5.41) is 0. The number of halogens is 1. The van der Waals surface area contributed by atoms with Gasteiger partial charge in [-0.25, -0.2) is 9.37 Å². The molecule has 3 heterocycles. The minimum absolute atomic E-state index is 0.240. The van der Waals surface area contributed by atoms with E-state index in [-0.39, 0.29) is 5.82 Å². The molecule has 0 atom stereocenters. The lowest BCUT2D eigenvalue weighted by Gasteiger charge is -2.10. The van der Waals surface area contributed by atoms with E-state index in [1.165, 1.54) is 12.3 Å². The largest absolute Gasteiger partial charge is 0.469 e. The van der Waals surface area contributed by atoms with E-state index >= 15 is 0 Å². The summed E-state index contributed by atoms with van der Waals surface area (Å²) in [7, 11) is 0. The van der Waals surface area contributed by atoms with Crippen molar-refractivity contribution in [1.29, 1.82) is 0 Å². The Bertz CT molecular complexity index is 726. The van der Waals surface area contributed by atoms with Crippen molar-refractivity contribution < 1.29 is 8.81 Å². The fourth-order valence-corrected chi connectivity index (χ4v) is 2.50. The van der Waals surface area contributed by atoms with Gasteiger partial charge in [0.25, 0.3) is 0 Å². The van der Waals surface area contributed by atoms with Crippen molar-refractivity contribution in [3.63, 3.8) is 0 Å². The molecule has 84 valence electrons. The van der Waals surface area contributed by atoms with E-state index in [0.29, 0.717) is 0 Å². The Morgan fingerprint density at radius 2 is 2.18 bits per heavy atom. The topological polar surface area (TPSA) is 30.4 Å². The monoisotopic (exact) mass is 228 g/mol. The van der Waals surface area contributed by atoms with Gasteiger partial charge in [0, 0.05) is 18.2 Å². The molecule has 0 saturated heterocycles. The molecule has 3 aromatic rings. The van der Waals surface area contributed by atoms with Crippen molar-refractivity contribution in [2.45, 2.75) is 12.8 Å². The number of rotatable bonds is 0. The maximum atomic E-state index is 13.3. The van der Waals surface area contributed by atoms with Crippen molar-refractivity contribution in [1.82, 2.24) is 9.38 Å². The lowest BCUT2D eigenvalue weighted by atomic mass is 9.99. The smallest absolute Gasteiger partial charge is 0.139 e. The first kappa shape index (κ1) is 8.98. The van der Waals surface area contributed by atoms with Crippen LogP contribution in [0.4, 0.5) is 4.39 Å². The summed E-state index contributed by atoms with van der Waals surface area (Å²) in [5.41, 5.74) is 3.81. The molecule has 4 rings (SSSR count). The number of aryl methyl sites for hydroxylation is 2. The van der Waals surface area contributed by atoms with Gasteiger partial charge in [0.1, 0.15) is 17.2 Å². The molecule has 3 aromatic heterocycles. The van der Waals surface area contributed by atoms with Gasteiger partial charge in [-0.15, -0.1) is 0 Å². The molecular weight excluding hydrogens is 219 g/mol. The van der Waals surface area contributed by atoms with Crippen LogP contribution in [0.2, 0.25) is 0 Å². The SMILES string of the molecule is Fc1ccc2nc3c(n2c1)CCc1occc1-3.